The minimum absolute atomic E-state index is 0. The molecule has 1 aromatic carbocycles. The van der Waals surface area contributed by atoms with Gasteiger partial charge in [0, 0.05) is 25.2 Å². The maximum atomic E-state index is 12.8. The van der Waals surface area contributed by atoms with Gasteiger partial charge in [-0.05, 0) is 49.9 Å². The van der Waals surface area contributed by atoms with E-state index in [0.717, 1.165) is 25.0 Å². The van der Waals surface area contributed by atoms with Gasteiger partial charge in [-0.25, -0.2) is 8.42 Å². The molecule has 0 spiro atoms. The lowest BCUT2D eigenvalue weighted by Gasteiger charge is -2.23. The van der Waals surface area contributed by atoms with E-state index >= 15 is 0 Å². The van der Waals surface area contributed by atoms with Crippen LogP contribution >= 0.6 is 12.4 Å². The van der Waals surface area contributed by atoms with E-state index in [1.54, 1.807) is 28.6 Å². The van der Waals surface area contributed by atoms with Crippen molar-refractivity contribution in [3.8, 4) is 5.75 Å². The van der Waals surface area contributed by atoms with Crippen molar-refractivity contribution in [2.45, 2.75) is 49.6 Å². The number of rotatable bonds is 5. The van der Waals surface area contributed by atoms with Crippen LogP contribution in [0.3, 0.4) is 0 Å². The molecule has 3 rings (SSSR count). The van der Waals surface area contributed by atoms with E-state index in [2.05, 4.69) is 5.32 Å². The highest BCUT2D eigenvalue weighted by atomic mass is 35.5. The molecule has 0 radical (unpaired) electrons. The molecule has 2 heterocycles. The molecule has 23 heavy (non-hydrogen) atoms. The van der Waals surface area contributed by atoms with Crippen LogP contribution in [0.4, 0.5) is 0 Å². The maximum Gasteiger partial charge on any atom is 0.243 e. The normalized spacial score (nSPS) is 24.7. The number of benzene rings is 1. The first kappa shape index (κ1) is 18.5. The third-order valence-corrected chi connectivity index (χ3v) is 6.30. The number of ether oxygens (including phenoxy) is 1. The Labute approximate surface area is 144 Å². The second-order valence-electron chi connectivity index (χ2n) is 6.11. The van der Waals surface area contributed by atoms with Crippen molar-refractivity contribution in [3.63, 3.8) is 0 Å². The third-order valence-electron chi connectivity index (χ3n) is 4.42. The molecule has 0 aliphatic carbocycles. The summed E-state index contributed by atoms with van der Waals surface area (Å²) in [6.45, 7) is 3.87. The fourth-order valence-electron chi connectivity index (χ4n) is 3.21. The smallest absolute Gasteiger partial charge is 0.243 e. The average Bonchev–Trinajstić information content (AvgIpc) is 2.84. The molecule has 1 aromatic rings. The van der Waals surface area contributed by atoms with Gasteiger partial charge >= 0.3 is 0 Å². The molecule has 2 bridgehead atoms. The van der Waals surface area contributed by atoms with Crippen LogP contribution in [0.1, 0.15) is 32.6 Å². The van der Waals surface area contributed by atoms with Crippen LogP contribution < -0.4 is 10.1 Å². The Hall–Kier alpha value is -0.820. The minimum Gasteiger partial charge on any atom is -0.494 e. The zero-order valence-corrected chi connectivity index (χ0v) is 15.0. The predicted octanol–water partition coefficient (Wildman–Crippen LogP) is 2.41. The third kappa shape index (κ3) is 4.18. The molecule has 2 unspecified atom stereocenters. The predicted molar refractivity (Wildman–Crippen MR) is 92.8 cm³/mol. The molecule has 0 aromatic heterocycles. The number of fused-ring (bicyclic) bond motifs is 2. The van der Waals surface area contributed by atoms with Crippen LogP contribution in [0.15, 0.2) is 29.2 Å². The summed E-state index contributed by atoms with van der Waals surface area (Å²) < 4.78 is 32.7. The standard InChI is InChI=1S/C16H24N2O3S.ClH/c1-2-11-21-15-5-7-16(8-6-15)22(19,20)18-10-9-13-3-4-14(12-18)17-13;/h5-8,13-14,17H,2-4,9-12H2,1H3;1H. The number of hydrogen-bond donors (Lipinski definition) is 1. The van der Waals surface area contributed by atoms with Crippen LogP contribution in [-0.2, 0) is 10.0 Å². The summed E-state index contributed by atoms with van der Waals surface area (Å²) in [6, 6.07) is 7.56. The van der Waals surface area contributed by atoms with Crippen molar-refractivity contribution >= 4 is 22.4 Å². The molecule has 0 saturated carbocycles. The number of halogens is 1. The number of hydrogen-bond acceptors (Lipinski definition) is 4. The van der Waals surface area contributed by atoms with E-state index in [1.165, 1.54) is 6.42 Å². The van der Waals surface area contributed by atoms with Crippen molar-refractivity contribution in [3.05, 3.63) is 24.3 Å². The largest absolute Gasteiger partial charge is 0.494 e. The Morgan fingerprint density at radius 2 is 1.87 bits per heavy atom. The van der Waals surface area contributed by atoms with E-state index < -0.39 is 10.0 Å². The summed E-state index contributed by atoms with van der Waals surface area (Å²) in [5.41, 5.74) is 0. The average molecular weight is 361 g/mol. The Kier molecular flexibility index (Phi) is 6.31. The van der Waals surface area contributed by atoms with Gasteiger partial charge in [0.15, 0.2) is 0 Å². The SMILES string of the molecule is CCCOc1ccc(S(=O)(=O)N2CCC3CCC(C2)N3)cc1.Cl. The monoisotopic (exact) mass is 360 g/mol. The fraction of sp³-hybridized carbons (Fsp3) is 0.625. The highest BCUT2D eigenvalue weighted by Gasteiger charge is 2.34. The van der Waals surface area contributed by atoms with Gasteiger partial charge in [-0.1, -0.05) is 6.92 Å². The van der Waals surface area contributed by atoms with Crippen LogP contribution in [0.5, 0.6) is 5.75 Å². The zero-order valence-electron chi connectivity index (χ0n) is 13.4. The summed E-state index contributed by atoms with van der Waals surface area (Å²) in [7, 11) is -3.41. The van der Waals surface area contributed by atoms with E-state index in [9.17, 15) is 8.42 Å². The fourth-order valence-corrected chi connectivity index (χ4v) is 4.71. The first-order chi connectivity index (χ1) is 10.6. The molecule has 1 N–H and O–H groups in total. The summed E-state index contributed by atoms with van der Waals surface area (Å²) in [5, 5.41) is 3.51. The van der Waals surface area contributed by atoms with Crippen LogP contribution in [0.25, 0.3) is 0 Å². The molecule has 2 aliphatic rings. The highest BCUT2D eigenvalue weighted by molar-refractivity contribution is 7.89. The number of sulfonamides is 1. The molecule has 7 heteroatoms. The van der Waals surface area contributed by atoms with Gasteiger partial charge in [-0.3, -0.25) is 0 Å². The second-order valence-corrected chi connectivity index (χ2v) is 8.05. The van der Waals surface area contributed by atoms with Crippen molar-refractivity contribution < 1.29 is 13.2 Å². The minimum atomic E-state index is -3.41. The molecule has 2 aliphatic heterocycles. The van der Waals surface area contributed by atoms with Gasteiger partial charge in [0.1, 0.15) is 5.75 Å². The molecular weight excluding hydrogens is 336 g/mol. The summed E-state index contributed by atoms with van der Waals surface area (Å²) in [5.74, 6) is 0.720. The van der Waals surface area contributed by atoms with E-state index in [1.807, 2.05) is 6.92 Å². The molecule has 5 nitrogen and oxygen atoms in total. The zero-order chi connectivity index (χ0) is 15.6. The highest BCUT2D eigenvalue weighted by Crippen LogP contribution is 2.26. The van der Waals surface area contributed by atoms with Crippen molar-refractivity contribution in [1.82, 2.24) is 9.62 Å². The van der Waals surface area contributed by atoms with Gasteiger partial charge in [-0.15, -0.1) is 12.4 Å². The van der Waals surface area contributed by atoms with Crippen LogP contribution in [0, 0.1) is 0 Å². The van der Waals surface area contributed by atoms with E-state index in [-0.39, 0.29) is 12.4 Å². The topological polar surface area (TPSA) is 58.6 Å². The quantitative estimate of drug-likeness (QED) is 0.876. The van der Waals surface area contributed by atoms with Gasteiger partial charge in [0.2, 0.25) is 10.0 Å². The second kappa shape index (κ2) is 7.83. The van der Waals surface area contributed by atoms with Gasteiger partial charge in [-0.2, -0.15) is 4.31 Å². The summed E-state index contributed by atoms with van der Waals surface area (Å²) in [4.78, 5) is 0.356. The lowest BCUT2D eigenvalue weighted by atomic mass is 10.1. The molecule has 130 valence electrons. The Morgan fingerprint density at radius 3 is 2.57 bits per heavy atom. The summed E-state index contributed by atoms with van der Waals surface area (Å²) >= 11 is 0. The van der Waals surface area contributed by atoms with Crippen molar-refractivity contribution in [2.75, 3.05) is 19.7 Å². The van der Waals surface area contributed by atoms with Gasteiger partial charge in [0.05, 0.1) is 11.5 Å². The lowest BCUT2D eigenvalue weighted by Crippen LogP contribution is -2.39. The number of nitrogens with zero attached hydrogens (tertiary/aromatic N) is 1. The Morgan fingerprint density at radius 1 is 1.17 bits per heavy atom. The Bertz CT molecular complexity index is 606. The molecular formula is C16H25ClN2O3S. The first-order valence-electron chi connectivity index (χ1n) is 8.08. The maximum absolute atomic E-state index is 12.8. The van der Waals surface area contributed by atoms with Crippen molar-refractivity contribution in [2.24, 2.45) is 0 Å². The van der Waals surface area contributed by atoms with E-state index in [0.29, 0.717) is 36.7 Å². The molecule has 2 atom stereocenters. The lowest BCUT2D eigenvalue weighted by molar-refractivity contribution is 0.317. The molecule has 0 amide bonds. The Balaban J connectivity index is 0.00000192. The number of nitrogens with one attached hydrogen (secondary N) is 1. The van der Waals surface area contributed by atoms with Gasteiger partial charge in [0.25, 0.3) is 0 Å². The van der Waals surface area contributed by atoms with Crippen LogP contribution in [-0.4, -0.2) is 44.5 Å². The van der Waals surface area contributed by atoms with Gasteiger partial charge < -0.3 is 10.1 Å². The van der Waals surface area contributed by atoms with Crippen LogP contribution in [0.2, 0.25) is 0 Å². The summed E-state index contributed by atoms with van der Waals surface area (Å²) in [6.07, 6.45) is 4.07. The van der Waals surface area contributed by atoms with E-state index in [4.69, 9.17) is 4.74 Å². The van der Waals surface area contributed by atoms with Crippen molar-refractivity contribution in [1.29, 1.82) is 0 Å². The first-order valence-corrected chi connectivity index (χ1v) is 9.52. The molecule has 2 fully saturated rings. The molecule has 2 saturated heterocycles.